The highest BCUT2D eigenvalue weighted by molar-refractivity contribution is 7.18. The Kier molecular flexibility index (Phi) is 3.33. The summed E-state index contributed by atoms with van der Waals surface area (Å²) in [6.07, 6.45) is 0.727. The Labute approximate surface area is 121 Å². The standard InChI is InChI=1S/C15H13ClO2S/c1-9-8-13(19-15(9)16)14(17)11-6-7-18-12-5-3-2-4-10(11)12/h2-5,8,11H,6-7H2,1H3. The van der Waals surface area contributed by atoms with E-state index in [2.05, 4.69) is 0 Å². The highest BCUT2D eigenvalue weighted by Gasteiger charge is 2.29. The molecule has 1 aromatic carbocycles. The van der Waals surface area contributed by atoms with E-state index in [-0.39, 0.29) is 11.7 Å². The minimum Gasteiger partial charge on any atom is -0.493 e. The summed E-state index contributed by atoms with van der Waals surface area (Å²) in [6.45, 7) is 2.51. The normalized spacial score (nSPS) is 17.7. The number of ketones is 1. The third kappa shape index (κ3) is 2.28. The van der Waals surface area contributed by atoms with Gasteiger partial charge in [0.1, 0.15) is 5.75 Å². The van der Waals surface area contributed by atoms with Gasteiger partial charge in [0, 0.05) is 5.56 Å². The molecule has 1 unspecified atom stereocenters. The van der Waals surface area contributed by atoms with Crippen molar-refractivity contribution < 1.29 is 9.53 Å². The molecule has 3 rings (SSSR count). The van der Waals surface area contributed by atoms with Crippen molar-refractivity contribution >= 4 is 28.7 Å². The number of thiophene rings is 1. The first-order valence-electron chi connectivity index (χ1n) is 6.18. The maximum Gasteiger partial charge on any atom is 0.180 e. The lowest BCUT2D eigenvalue weighted by Crippen LogP contribution is -2.20. The molecule has 1 aliphatic heterocycles. The number of fused-ring (bicyclic) bond motifs is 1. The van der Waals surface area contributed by atoms with Gasteiger partial charge in [0.15, 0.2) is 5.78 Å². The zero-order chi connectivity index (χ0) is 13.4. The summed E-state index contributed by atoms with van der Waals surface area (Å²) >= 11 is 7.42. The van der Waals surface area contributed by atoms with Crippen LogP contribution in [0.1, 0.15) is 33.1 Å². The molecular weight excluding hydrogens is 280 g/mol. The number of ether oxygens (including phenoxy) is 1. The van der Waals surface area contributed by atoms with Gasteiger partial charge in [-0.15, -0.1) is 11.3 Å². The van der Waals surface area contributed by atoms with Crippen molar-refractivity contribution in [1.82, 2.24) is 0 Å². The Morgan fingerprint density at radius 3 is 2.95 bits per heavy atom. The topological polar surface area (TPSA) is 26.3 Å². The highest BCUT2D eigenvalue weighted by atomic mass is 35.5. The van der Waals surface area contributed by atoms with Crippen LogP contribution in [0.25, 0.3) is 0 Å². The molecular formula is C15H13ClO2S. The van der Waals surface area contributed by atoms with E-state index >= 15 is 0 Å². The summed E-state index contributed by atoms with van der Waals surface area (Å²) in [5.74, 6) is 0.862. The van der Waals surface area contributed by atoms with E-state index in [1.165, 1.54) is 11.3 Å². The second-order valence-corrected chi connectivity index (χ2v) is 6.31. The molecule has 0 aliphatic carbocycles. The molecule has 1 atom stereocenters. The van der Waals surface area contributed by atoms with Crippen LogP contribution in [0, 0.1) is 6.92 Å². The molecule has 19 heavy (non-hydrogen) atoms. The Morgan fingerprint density at radius 1 is 1.42 bits per heavy atom. The fraction of sp³-hybridized carbons (Fsp3) is 0.267. The summed E-state index contributed by atoms with van der Waals surface area (Å²) in [4.78, 5) is 13.4. The summed E-state index contributed by atoms with van der Waals surface area (Å²) in [5, 5.41) is 0. The minimum atomic E-state index is -0.112. The number of para-hydroxylation sites is 1. The number of carbonyl (C=O) groups is 1. The molecule has 0 fully saturated rings. The quantitative estimate of drug-likeness (QED) is 0.764. The molecule has 2 nitrogen and oxygen atoms in total. The van der Waals surface area contributed by atoms with Gasteiger partial charge in [0.05, 0.1) is 21.7 Å². The van der Waals surface area contributed by atoms with Crippen LogP contribution >= 0.6 is 22.9 Å². The molecule has 1 aromatic heterocycles. The molecule has 0 radical (unpaired) electrons. The number of benzene rings is 1. The first-order valence-corrected chi connectivity index (χ1v) is 7.38. The van der Waals surface area contributed by atoms with Crippen molar-refractivity contribution in [2.75, 3.05) is 6.61 Å². The van der Waals surface area contributed by atoms with Crippen LogP contribution in [-0.2, 0) is 0 Å². The van der Waals surface area contributed by atoms with Crippen LogP contribution in [0.3, 0.4) is 0 Å². The van der Waals surface area contributed by atoms with Crippen LogP contribution < -0.4 is 4.74 Å². The number of rotatable bonds is 2. The van der Waals surface area contributed by atoms with Crippen LogP contribution in [0.4, 0.5) is 0 Å². The molecule has 0 spiro atoms. The third-order valence-corrected chi connectivity index (χ3v) is 4.94. The van der Waals surface area contributed by atoms with E-state index in [4.69, 9.17) is 16.3 Å². The molecule has 2 aromatic rings. The van der Waals surface area contributed by atoms with Gasteiger partial charge in [-0.1, -0.05) is 29.8 Å². The SMILES string of the molecule is Cc1cc(C(=O)C2CCOc3ccccc32)sc1Cl. The molecule has 0 saturated heterocycles. The van der Waals surface area contributed by atoms with Crippen molar-refractivity contribution in [3.05, 3.63) is 50.7 Å². The van der Waals surface area contributed by atoms with E-state index in [1.807, 2.05) is 37.3 Å². The zero-order valence-electron chi connectivity index (χ0n) is 10.5. The van der Waals surface area contributed by atoms with Crippen molar-refractivity contribution in [1.29, 1.82) is 0 Å². The van der Waals surface area contributed by atoms with Gasteiger partial charge >= 0.3 is 0 Å². The number of aryl methyl sites for hydroxylation is 1. The summed E-state index contributed by atoms with van der Waals surface area (Å²) in [5.41, 5.74) is 1.95. The second kappa shape index (κ2) is 4.99. The predicted octanol–water partition coefficient (Wildman–Crippen LogP) is 4.46. The third-order valence-electron chi connectivity index (χ3n) is 3.38. The summed E-state index contributed by atoms with van der Waals surface area (Å²) in [7, 11) is 0. The number of hydrogen-bond donors (Lipinski definition) is 0. The lowest BCUT2D eigenvalue weighted by molar-refractivity contribution is 0.0937. The monoisotopic (exact) mass is 292 g/mol. The molecule has 98 valence electrons. The van der Waals surface area contributed by atoms with E-state index < -0.39 is 0 Å². The Hall–Kier alpha value is -1.32. The molecule has 0 saturated carbocycles. The van der Waals surface area contributed by atoms with Crippen LogP contribution in [-0.4, -0.2) is 12.4 Å². The zero-order valence-corrected chi connectivity index (χ0v) is 12.1. The predicted molar refractivity (Wildman–Crippen MR) is 77.7 cm³/mol. The molecule has 1 aliphatic rings. The van der Waals surface area contributed by atoms with Gasteiger partial charge in [-0.25, -0.2) is 0 Å². The van der Waals surface area contributed by atoms with Crippen molar-refractivity contribution in [2.24, 2.45) is 0 Å². The molecule has 2 heterocycles. The first-order chi connectivity index (χ1) is 9.16. The largest absolute Gasteiger partial charge is 0.493 e. The maximum atomic E-state index is 12.6. The lowest BCUT2D eigenvalue weighted by Gasteiger charge is -2.24. The number of halogens is 1. The Balaban J connectivity index is 1.97. The molecule has 0 amide bonds. The van der Waals surface area contributed by atoms with Crippen LogP contribution in [0.15, 0.2) is 30.3 Å². The fourth-order valence-electron chi connectivity index (χ4n) is 2.37. The lowest BCUT2D eigenvalue weighted by atomic mass is 9.88. The molecule has 0 bridgehead atoms. The van der Waals surface area contributed by atoms with Crippen molar-refractivity contribution in [2.45, 2.75) is 19.3 Å². The Bertz CT molecular complexity index is 613. The number of carbonyl (C=O) groups excluding carboxylic acids is 1. The smallest absolute Gasteiger partial charge is 0.180 e. The van der Waals surface area contributed by atoms with E-state index in [0.717, 1.165) is 28.2 Å². The highest BCUT2D eigenvalue weighted by Crippen LogP contribution is 2.38. The fourth-order valence-corrected chi connectivity index (χ4v) is 3.56. The average molecular weight is 293 g/mol. The maximum absolute atomic E-state index is 12.6. The first kappa shape index (κ1) is 12.7. The van der Waals surface area contributed by atoms with E-state index in [9.17, 15) is 4.79 Å². The van der Waals surface area contributed by atoms with Gasteiger partial charge in [0.25, 0.3) is 0 Å². The van der Waals surface area contributed by atoms with Crippen LogP contribution in [0.5, 0.6) is 5.75 Å². The minimum absolute atomic E-state index is 0.112. The van der Waals surface area contributed by atoms with Gasteiger partial charge < -0.3 is 4.74 Å². The van der Waals surface area contributed by atoms with Crippen LogP contribution in [0.2, 0.25) is 4.34 Å². The number of Topliss-reactive ketones (excluding diaryl/α,β-unsaturated/α-hetero) is 1. The van der Waals surface area contributed by atoms with E-state index in [1.54, 1.807) is 0 Å². The van der Waals surface area contributed by atoms with Crippen molar-refractivity contribution in [3.8, 4) is 5.75 Å². The summed E-state index contributed by atoms with van der Waals surface area (Å²) in [6, 6.07) is 9.65. The molecule has 4 heteroatoms. The summed E-state index contributed by atoms with van der Waals surface area (Å²) < 4.78 is 6.29. The van der Waals surface area contributed by atoms with Gasteiger partial charge in [0.2, 0.25) is 0 Å². The second-order valence-electron chi connectivity index (χ2n) is 4.66. The average Bonchev–Trinajstić information content (AvgIpc) is 2.77. The van der Waals surface area contributed by atoms with Gasteiger partial charge in [-0.05, 0) is 31.0 Å². The Morgan fingerprint density at radius 2 is 2.21 bits per heavy atom. The van der Waals surface area contributed by atoms with Gasteiger partial charge in [-0.3, -0.25) is 4.79 Å². The van der Waals surface area contributed by atoms with Crippen molar-refractivity contribution in [3.63, 3.8) is 0 Å². The molecule has 0 N–H and O–H groups in total. The van der Waals surface area contributed by atoms with E-state index in [0.29, 0.717) is 10.9 Å². The number of hydrogen-bond acceptors (Lipinski definition) is 3. The van der Waals surface area contributed by atoms with Gasteiger partial charge in [-0.2, -0.15) is 0 Å².